The number of benzene rings is 1. The summed E-state index contributed by atoms with van der Waals surface area (Å²) in [5.41, 5.74) is -1.42. The summed E-state index contributed by atoms with van der Waals surface area (Å²) in [6, 6.07) is 5.80. The van der Waals surface area contributed by atoms with Gasteiger partial charge in [-0.05, 0) is 32.0 Å². The average molecular weight is 297 g/mol. The van der Waals surface area contributed by atoms with Crippen molar-refractivity contribution in [3.05, 3.63) is 35.6 Å². The van der Waals surface area contributed by atoms with Gasteiger partial charge in [-0.2, -0.15) is 0 Å². The molecule has 3 nitrogen and oxygen atoms in total. The number of hydrogen-bond donors (Lipinski definition) is 1. The summed E-state index contributed by atoms with van der Waals surface area (Å²) in [5, 5.41) is 10.3. The van der Waals surface area contributed by atoms with Crippen LogP contribution in [0, 0.1) is 5.82 Å². The van der Waals surface area contributed by atoms with E-state index in [1.807, 2.05) is 39.6 Å². The summed E-state index contributed by atoms with van der Waals surface area (Å²) in [4.78, 5) is 14.2. The largest absolute Gasteiger partial charge is 0.382 e. The molecular weight excluding hydrogens is 269 g/mol. The second kappa shape index (κ2) is 9.64. The van der Waals surface area contributed by atoms with Gasteiger partial charge in [-0.25, -0.2) is 4.39 Å². The lowest BCUT2D eigenvalue weighted by Gasteiger charge is -2.35. The van der Waals surface area contributed by atoms with Gasteiger partial charge >= 0.3 is 0 Å². The average Bonchev–Trinajstić information content (AvgIpc) is 2.54. The Morgan fingerprint density at radius 3 is 2.10 bits per heavy atom. The SMILES string of the molecule is CC.CC.CN1CCC(O)(C(=O)c2ccccc2F)CC1. The van der Waals surface area contributed by atoms with E-state index in [9.17, 15) is 14.3 Å². The van der Waals surface area contributed by atoms with Crippen molar-refractivity contribution in [3.8, 4) is 0 Å². The predicted molar refractivity (Wildman–Crippen MR) is 85.1 cm³/mol. The second-order valence-corrected chi connectivity index (χ2v) is 4.64. The fourth-order valence-corrected chi connectivity index (χ4v) is 2.11. The van der Waals surface area contributed by atoms with Crippen LogP contribution in [0.3, 0.4) is 0 Å². The van der Waals surface area contributed by atoms with Gasteiger partial charge in [0.15, 0.2) is 5.78 Å². The fraction of sp³-hybridized carbons (Fsp3) is 0.588. The number of rotatable bonds is 2. The van der Waals surface area contributed by atoms with E-state index in [-0.39, 0.29) is 5.56 Å². The number of likely N-dealkylation sites (tertiary alicyclic amines) is 1. The third-order valence-electron chi connectivity index (χ3n) is 3.36. The Bertz CT molecular complexity index is 427. The number of carbonyl (C=O) groups is 1. The molecule has 120 valence electrons. The second-order valence-electron chi connectivity index (χ2n) is 4.64. The predicted octanol–water partition coefficient (Wildman–Crippen LogP) is 3.52. The van der Waals surface area contributed by atoms with Crippen LogP contribution >= 0.6 is 0 Å². The molecule has 0 radical (unpaired) electrons. The number of nitrogens with zero attached hydrogens (tertiary/aromatic N) is 1. The molecular formula is C17H28FNO2. The lowest BCUT2D eigenvalue weighted by atomic mass is 9.84. The molecule has 1 aliphatic rings. The third-order valence-corrected chi connectivity index (χ3v) is 3.36. The number of piperidine rings is 1. The number of Topliss-reactive ketones (excluding diaryl/α,β-unsaturated/α-hetero) is 1. The van der Waals surface area contributed by atoms with Crippen molar-refractivity contribution in [3.63, 3.8) is 0 Å². The number of ketones is 1. The first kappa shape index (κ1) is 19.7. The van der Waals surface area contributed by atoms with Crippen LogP contribution in [0.5, 0.6) is 0 Å². The zero-order valence-corrected chi connectivity index (χ0v) is 13.8. The number of hydrogen-bond acceptors (Lipinski definition) is 3. The Labute approximate surface area is 127 Å². The van der Waals surface area contributed by atoms with Crippen LogP contribution in [0.25, 0.3) is 0 Å². The summed E-state index contributed by atoms with van der Waals surface area (Å²) in [7, 11) is 1.94. The van der Waals surface area contributed by atoms with Gasteiger partial charge in [0.25, 0.3) is 0 Å². The first-order valence-electron chi connectivity index (χ1n) is 7.73. The summed E-state index contributed by atoms with van der Waals surface area (Å²) >= 11 is 0. The van der Waals surface area contributed by atoms with E-state index < -0.39 is 17.2 Å². The number of carbonyl (C=O) groups excluding carboxylic acids is 1. The van der Waals surface area contributed by atoms with Gasteiger partial charge in [-0.3, -0.25) is 4.79 Å². The van der Waals surface area contributed by atoms with E-state index in [0.717, 1.165) is 0 Å². The van der Waals surface area contributed by atoms with Gasteiger partial charge in [0.1, 0.15) is 11.4 Å². The monoisotopic (exact) mass is 297 g/mol. The van der Waals surface area contributed by atoms with Crippen LogP contribution in [0.1, 0.15) is 50.9 Å². The van der Waals surface area contributed by atoms with Crippen molar-refractivity contribution in [2.45, 2.75) is 46.1 Å². The van der Waals surface area contributed by atoms with Crippen molar-refractivity contribution in [1.82, 2.24) is 4.90 Å². The zero-order valence-electron chi connectivity index (χ0n) is 13.8. The number of aliphatic hydroxyl groups is 1. The van der Waals surface area contributed by atoms with E-state index >= 15 is 0 Å². The highest BCUT2D eigenvalue weighted by Gasteiger charge is 2.39. The Balaban J connectivity index is 0.000000921. The smallest absolute Gasteiger partial charge is 0.197 e. The standard InChI is InChI=1S/C13H16FNO2.2C2H6/c1-15-8-6-13(17,7-9-15)12(16)10-4-2-3-5-11(10)14;2*1-2/h2-5,17H,6-9H2,1H3;2*1-2H3. The Morgan fingerprint density at radius 2 is 1.62 bits per heavy atom. The fourth-order valence-electron chi connectivity index (χ4n) is 2.11. The van der Waals surface area contributed by atoms with Crippen LogP contribution in [-0.2, 0) is 0 Å². The van der Waals surface area contributed by atoms with Crippen molar-refractivity contribution < 1.29 is 14.3 Å². The molecule has 2 rings (SSSR count). The first-order chi connectivity index (χ1) is 10.0. The van der Waals surface area contributed by atoms with Crippen molar-refractivity contribution in [1.29, 1.82) is 0 Å². The minimum atomic E-state index is -1.41. The van der Waals surface area contributed by atoms with Gasteiger partial charge in [0, 0.05) is 13.1 Å². The molecule has 1 heterocycles. The van der Waals surface area contributed by atoms with Gasteiger partial charge in [-0.1, -0.05) is 39.8 Å². The zero-order chi connectivity index (χ0) is 16.5. The Kier molecular flexibility index (Phi) is 9.06. The maximum atomic E-state index is 13.5. The topological polar surface area (TPSA) is 40.5 Å². The normalized spacial score (nSPS) is 16.9. The first-order valence-corrected chi connectivity index (χ1v) is 7.73. The van der Waals surface area contributed by atoms with Crippen LogP contribution in [-0.4, -0.2) is 41.5 Å². The lowest BCUT2D eigenvalue weighted by Crippen LogP contribution is -2.48. The maximum absolute atomic E-state index is 13.5. The molecule has 1 fully saturated rings. The van der Waals surface area contributed by atoms with Gasteiger partial charge in [0.05, 0.1) is 5.56 Å². The molecule has 21 heavy (non-hydrogen) atoms. The summed E-state index contributed by atoms with van der Waals surface area (Å²) in [5.74, 6) is -1.06. The Morgan fingerprint density at radius 1 is 1.14 bits per heavy atom. The molecule has 0 bridgehead atoms. The molecule has 4 heteroatoms. The third kappa shape index (κ3) is 5.21. The quantitative estimate of drug-likeness (QED) is 0.849. The molecule has 0 spiro atoms. The minimum Gasteiger partial charge on any atom is -0.382 e. The number of halogens is 1. The molecule has 0 atom stereocenters. The summed E-state index contributed by atoms with van der Waals surface area (Å²) in [6.45, 7) is 9.30. The molecule has 1 aliphatic heterocycles. The molecule has 0 unspecified atom stereocenters. The van der Waals surface area contributed by atoms with Crippen molar-refractivity contribution >= 4 is 5.78 Å². The van der Waals surface area contributed by atoms with E-state index in [0.29, 0.717) is 25.9 Å². The summed E-state index contributed by atoms with van der Waals surface area (Å²) < 4.78 is 13.5. The van der Waals surface area contributed by atoms with E-state index in [4.69, 9.17) is 0 Å². The van der Waals surface area contributed by atoms with Gasteiger partial charge < -0.3 is 10.0 Å². The van der Waals surface area contributed by atoms with Crippen LogP contribution in [0.4, 0.5) is 4.39 Å². The van der Waals surface area contributed by atoms with Gasteiger partial charge in [0.2, 0.25) is 0 Å². The molecule has 0 aliphatic carbocycles. The molecule has 0 aromatic heterocycles. The van der Waals surface area contributed by atoms with E-state index in [2.05, 4.69) is 0 Å². The molecule has 1 aromatic rings. The highest BCUT2D eigenvalue weighted by molar-refractivity contribution is 6.02. The van der Waals surface area contributed by atoms with Crippen LogP contribution in [0.15, 0.2) is 24.3 Å². The molecule has 1 saturated heterocycles. The maximum Gasteiger partial charge on any atom is 0.197 e. The lowest BCUT2D eigenvalue weighted by molar-refractivity contribution is -0.00228. The van der Waals surface area contributed by atoms with Crippen LogP contribution < -0.4 is 0 Å². The van der Waals surface area contributed by atoms with Crippen LogP contribution in [0.2, 0.25) is 0 Å². The highest BCUT2D eigenvalue weighted by atomic mass is 19.1. The van der Waals surface area contributed by atoms with Crippen molar-refractivity contribution in [2.75, 3.05) is 20.1 Å². The van der Waals surface area contributed by atoms with E-state index in [1.165, 1.54) is 18.2 Å². The van der Waals surface area contributed by atoms with Crippen molar-refractivity contribution in [2.24, 2.45) is 0 Å². The molecule has 1 N–H and O–H groups in total. The molecule has 0 saturated carbocycles. The molecule has 0 amide bonds. The molecule has 1 aromatic carbocycles. The minimum absolute atomic E-state index is 0.0143. The van der Waals surface area contributed by atoms with E-state index in [1.54, 1.807) is 6.07 Å². The highest BCUT2D eigenvalue weighted by Crippen LogP contribution is 2.26. The summed E-state index contributed by atoms with van der Waals surface area (Å²) in [6.07, 6.45) is 0.716. The van der Waals surface area contributed by atoms with Gasteiger partial charge in [-0.15, -0.1) is 0 Å². The Hall–Kier alpha value is -1.26.